The monoisotopic (exact) mass is 406 g/mol. The fourth-order valence-corrected chi connectivity index (χ4v) is 5.14. The van der Waals surface area contributed by atoms with Gasteiger partial charge in [0, 0.05) is 6.42 Å². The Morgan fingerprint density at radius 3 is 3.00 bits per heavy atom. The van der Waals surface area contributed by atoms with Crippen LogP contribution in [-0.2, 0) is 24.2 Å². The standard InChI is InChI=1S/C22H22N4O2S/c1-2-20-24-25(22(28)18-12-19-17(26(18)20)10-11-29-19)13-21(27)23-16-9-5-7-14-6-3-4-8-15(14)16/h3-4,6,8,10-12,16H,2,5,7,9,13H2,1H3,(H,23,27)/t16-/m1/s1. The van der Waals surface area contributed by atoms with Crippen LogP contribution in [0.2, 0.25) is 0 Å². The van der Waals surface area contributed by atoms with Crippen molar-refractivity contribution < 1.29 is 4.79 Å². The van der Waals surface area contributed by atoms with Gasteiger partial charge in [0.2, 0.25) is 5.91 Å². The molecule has 1 N–H and O–H groups in total. The normalized spacial score (nSPS) is 16.2. The van der Waals surface area contributed by atoms with E-state index in [1.54, 1.807) is 11.3 Å². The van der Waals surface area contributed by atoms with Gasteiger partial charge in [-0.15, -0.1) is 11.3 Å². The first-order chi connectivity index (χ1) is 14.2. The lowest BCUT2D eigenvalue weighted by molar-refractivity contribution is -0.122. The van der Waals surface area contributed by atoms with Gasteiger partial charge in [-0.05, 0) is 47.9 Å². The van der Waals surface area contributed by atoms with E-state index in [0.29, 0.717) is 11.9 Å². The first-order valence-corrected chi connectivity index (χ1v) is 10.9. The third-order valence-corrected chi connectivity index (χ3v) is 6.54. The Morgan fingerprint density at radius 1 is 1.28 bits per heavy atom. The summed E-state index contributed by atoms with van der Waals surface area (Å²) in [6.45, 7) is 1.94. The molecule has 0 spiro atoms. The predicted molar refractivity (Wildman–Crippen MR) is 114 cm³/mol. The molecule has 4 aromatic rings. The minimum atomic E-state index is -0.232. The molecule has 7 heteroatoms. The molecule has 1 amide bonds. The van der Waals surface area contributed by atoms with Crippen molar-refractivity contribution in [3.8, 4) is 0 Å². The molecule has 29 heavy (non-hydrogen) atoms. The highest BCUT2D eigenvalue weighted by atomic mass is 32.1. The summed E-state index contributed by atoms with van der Waals surface area (Å²) in [4.78, 5) is 25.8. The zero-order chi connectivity index (χ0) is 20.0. The maximum atomic E-state index is 13.0. The van der Waals surface area contributed by atoms with Crippen molar-refractivity contribution in [2.24, 2.45) is 0 Å². The number of carbonyl (C=O) groups is 1. The lowest BCUT2D eigenvalue weighted by Gasteiger charge is -2.26. The molecule has 148 valence electrons. The van der Waals surface area contributed by atoms with Gasteiger partial charge in [-0.2, -0.15) is 5.10 Å². The Morgan fingerprint density at radius 2 is 2.14 bits per heavy atom. The molecule has 0 saturated carbocycles. The van der Waals surface area contributed by atoms with Gasteiger partial charge in [0.25, 0.3) is 5.56 Å². The molecule has 5 rings (SSSR count). The number of aromatic nitrogens is 3. The smallest absolute Gasteiger partial charge is 0.291 e. The Kier molecular flexibility index (Phi) is 4.47. The van der Waals surface area contributed by atoms with Gasteiger partial charge >= 0.3 is 0 Å². The van der Waals surface area contributed by atoms with Crippen LogP contribution >= 0.6 is 11.3 Å². The van der Waals surface area contributed by atoms with Crippen molar-refractivity contribution in [1.82, 2.24) is 19.5 Å². The number of thiophene rings is 1. The van der Waals surface area contributed by atoms with E-state index in [0.717, 1.165) is 35.3 Å². The quantitative estimate of drug-likeness (QED) is 0.564. The summed E-state index contributed by atoms with van der Waals surface area (Å²) < 4.78 is 4.28. The van der Waals surface area contributed by atoms with Gasteiger partial charge in [0.15, 0.2) is 0 Å². The van der Waals surface area contributed by atoms with Crippen molar-refractivity contribution in [3.05, 3.63) is 69.1 Å². The second kappa shape index (κ2) is 7.15. The summed E-state index contributed by atoms with van der Waals surface area (Å²) in [6, 6.07) is 12.2. The molecular formula is C22H22N4O2S. The summed E-state index contributed by atoms with van der Waals surface area (Å²) in [5.74, 6) is 0.602. The van der Waals surface area contributed by atoms with Gasteiger partial charge in [0.1, 0.15) is 17.9 Å². The van der Waals surface area contributed by atoms with Crippen LogP contribution in [-0.4, -0.2) is 20.1 Å². The number of nitrogens with zero attached hydrogens (tertiary/aromatic N) is 3. The zero-order valence-corrected chi connectivity index (χ0v) is 17.0. The Balaban J connectivity index is 1.45. The average Bonchev–Trinajstić information content (AvgIpc) is 3.32. The molecule has 0 aliphatic heterocycles. The second-order valence-corrected chi connectivity index (χ2v) is 8.43. The fraction of sp³-hybridized carbons (Fsp3) is 0.318. The van der Waals surface area contributed by atoms with E-state index >= 15 is 0 Å². The van der Waals surface area contributed by atoms with Crippen LogP contribution in [0.25, 0.3) is 15.7 Å². The summed E-state index contributed by atoms with van der Waals surface area (Å²) in [5, 5.41) is 9.64. The molecule has 1 aromatic carbocycles. The number of hydrogen-bond acceptors (Lipinski definition) is 4. The number of hydrogen-bond donors (Lipinski definition) is 1. The maximum absolute atomic E-state index is 13.0. The minimum absolute atomic E-state index is 0.00355. The molecule has 3 heterocycles. The number of fused-ring (bicyclic) bond motifs is 4. The third kappa shape index (κ3) is 3.06. The molecule has 0 unspecified atom stereocenters. The van der Waals surface area contributed by atoms with Crippen LogP contribution in [0.1, 0.15) is 42.8 Å². The molecule has 1 aliphatic rings. The average molecular weight is 407 g/mol. The van der Waals surface area contributed by atoms with Gasteiger partial charge in [-0.25, -0.2) is 4.68 Å². The predicted octanol–water partition coefficient (Wildman–Crippen LogP) is 3.47. The highest BCUT2D eigenvalue weighted by molar-refractivity contribution is 7.17. The molecule has 1 aliphatic carbocycles. The number of benzene rings is 1. The molecule has 0 radical (unpaired) electrons. The van der Waals surface area contributed by atoms with E-state index < -0.39 is 0 Å². The van der Waals surface area contributed by atoms with Crippen LogP contribution in [0.15, 0.2) is 46.6 Å². The minimum Gasteiger partial charge on any atom is -0.348 e. The summed E-state index contributed by atoms with van der Waals surface area (Å²) >= 11 is 1.60. The largest absolute Gasteiger partial charge is 0.348 e. The second-order valence-electron chi connectivity index (χ2n) is 7.48. The number of amides is 1. The first-order valence-electron chi connectivity index (χ1n) is 10.0. The fourth-order valence-electron chi connectivity index (χ4n) is 4.34. The van der Waals surface area contributed by atoms with Gasteiger partial charge in [-0.1, -0.05) is 31.2 Å². The highest BCUT2D eigenvalue weighted by Gasteiger charge is 2.22. The Hall–Kier alpha value is -2.93. The van der Waals surface area contributed by atoms with E-state index in [4.69, 9.17) is 0 Å². The van der Waals surface area contributed by atoms with Gasteiger partial charge < -0.3 is 5.32 Å². The van der Waals surface area contributed by atoms with Crippen LogP contribution in [0.5, 0.6) is 0 Å². The van der Waals surface area contributed by atoms with E-state index in [9.17, 15) is 9.59 Å². The lowest BCUT2D eigenvalue weighted by atomic mass is 9.88. The Labute approximate surface area is 171 Å². The molecule has 0 bridgehead atoms. The van der Waals surface area contributed by atoms with Crippen molar-refractivity contribution in [2.45, 2.75) is 45.2 Å². The number of rotatable bonds is 4. The summed E-state index contributed by atoms with van der Waals surface area (Å²) in [6.07, 6.45) is 3.69. The maximum Gasteiger partial charge on any atom is 0.291 e. The molecule has 6 nitrogen and oxygen atoms in total. The van der Waals surface area contributed by atoms with E-state index in [1.165, 1.54) is 15.8 Å². The zero-order valence-electron chi connectivity index (χ0n) is 16.2. The number of aryl methyl sites for hydroxylation is 2. The summed E-state index contributed by atoms with van der Waals surface area (Å²) in [5.41, 5.74) is 3.83. The van der Waals surface area contributed by atoms with Crippen LogP contribution in [0, 0.1) is 0 Å². The van der Waals surface area contributed by atoms with Crippen LogP contribution in [0.3, 0.4) is 0 Å². The van der Waals surface area contributed by atoms with Crippen molar-refractivity contribution in [3.63, 3.8) is 0 Å². The molecule has 3 aromatic heterocycles. The first kappa shape index (κ1) is 18.1. The Bertz CT molecular complexity index is 1280. The van der Waals surface area contributed by atoms with Crippen molar-refractivity contribution in [2.75, 3.05) is 0 Å². The molecule has 1 atom stereocenters. The molecule has 0 fully saturated rings. The molecule has 0 saturated heterocycles. The number of nitrogens with one attached hydrogen (secondary N) is 1. The topological polar surface area (TPSA) is 68.4 Å². The van der Waals surface area contributed by atoms with E-state index in [-0.39, 0.29) is 24.1 Å². The van der Waals surface area contributed by atoms with Crippen molar-refractivity contribution in [1.29, 1.82) is 0 Å². The summed E-state index contributed by atoms with van der Waals surface area (Å²) in [7, 11) is 0. The van der Waals surface area contributed by atoms with Gasteiger partial charge in [-0.3, -0.25) is 14.0 Å². The lowest BCUT2D eigenvalue weighted by Crippen LogP contribution is -2.37. The SMILES string of the molecule is CCc1nn(CC(=O)N[C@@H]2CCCc3ccccc32)c(=O)c2cc3sccc3n12. The van der Waals surface area contributed by atoms with E-state index in [1.807, 2.05) is 41.0 Å². The van der Waals surface area contributed by atoms with Crippen LogP contribution in [0.4, 0.5) is 0 Å². The molecular weight excluding hydrogens is 384 g/mol. The van der Waals surface area contributed by atoms with Gasteiger partial charge in [0.05, 0.1) is 16.3 Å². The number of carbonyl (C=O) groups excluding carboxylic acids is 1. The third-order valence-electron chi connectivity index (χ3n) is 5.69. The van der Waals surface area contributed by atoms with E-state index in [2.05, 4.69) is 22.5 Å². The highest BCUT2D eigenvalue weighted by Crippen LogP contribution is 2.29. The van der Waals surface area contributed by atoms with Crippen LogP contribution < -0.4 is 10.9 Å². The van der Waals surface area contributed by atoms with Crippen molar-refractivity contribution >= 4 is 33.0 Å².